The molecule has 0 aliphatic carbocycles. The summed E-state index contributed by atoms with van der Waals surface area (Å²) in [7, 11) is 2.82. The van der Waals surface area contributed by atoms with Gasteiger partial charge < -0.3 is 9.47 Å². The zero-order chi connectivity index (χ0) is 12.0. The fraction of sp³-hybridized carbons (Fsp3) is 0.167. The van der Waals surface area contributed by atoms with E-state index in [2.05, 4.69) is 4.74 Å². The summed E-state index contributed by atoms with van der Waals surface area (Å²) in [6.45, 7) is 0. The van der Waals surface area contributed by atoms with Gasteiger partial charge in [0.25, 0.3) is 0 Å². The number of benzene rings is 1. The number of esters is 1. The lowest BCUT2D eigenvalue weighted by molar-refractivity contribution is -0.134. The lowest BCUT2D eigenvalue weighted by Gasteiger charge is -2.03. The molecule has 4 heteroatoms. The Balaban J connectivity index is 3.04. The van der Waals surface area contributed by atoms with Crippen LogP contribution in [0.3, 0.4) is 0 Å². The molecular formula is C12H12O4. The molecule has 0 aliphatic rings. The molecule has 1 aromatic rings. The van der Waals surface area contributed by atoms with Crippen molar-refractivity contribution < 1.29 is 19.1 Å². The Morgan fingerprint density at radius 1 is 1.25 bits per heavy atom. The number of aldehydes is 1. The topological polar surface area (TPSA) is 52.6 Å². The number of rotatable bonds is 4. The first-order valence-corrected chi connectivity index (χ1v) is 4.60. The number of carbonyl (C=O) groups is 2. The molecule has 0 radical (unpaired) electrons. The largest absolute Gasteiger partial charge is 0.497 e. The maximum Gasteiger partial charge on any atom is 0.330 e. The Morgan fingerprint density at radius 3 is 2.56 bits per heavy atom. The normalized spacial score (nSPS) is 10.1. The summed E-state index contributed by atoms with van der Waals surface area (Å²) in [4.78, 5) is 21.7. The van der Waals surface area contributed by atoms with E-state index in [9.17, 15) is 9.59 Å². The Bertz CT molecular complexity index is 421. The number of ether oxygens (including phenoxy) is 2. The summed E-state index contributed by atoms with van der Waals surface area (Å²) in [5.74, 6) is 0.148. The van der Waals surface area contributed by atoms with Crippen molar-refractivity contribution in [2.75, 3.05) is 14.2 Å². The van der Waals surface area contributed by atoms with Crippen LogP contribution < -0.4 is 4.74 Å². The van der Waals surface area contributed by atoms with Gasteiger partial charge in [0.15, 0.2) is 6.29 Å². The van der Waals surface area contributed by atoms with E-state index in [1.807, 2.05) is 0 Å². The highest BCUT2D eigenvalue weighted by Crippen LogP contribution is 2.17. The number of hydrogen-bond donors (Lipinski definition) is 0. The molecule has 0 amide bonds. The standard InChI is InChI=1S/C12H12O4/c1-15-11-5-3-10(8-13)9(7-11)4-6-12(14)16-2/h3-8H,1-2H3/b6-4+. The molecule has 1 aromatic carbocycles. The minimum Gasteiger partial charge on any atom is -0.497 e. The maximum atomic E-state index is 10.9. The van der Waals surface area contributed by atoms with Gasteiger partial charge in [0, 0.05) is 11.6 Å². The van der Waals surface area contributed by atoms with Gasteiger partial charge in [-0.2, -0.15) is 0 Å². The van der Waals surface area contributed by atoms with Crippen molar-refractivity contribution >= 4 is 18.3 Å². The van der Waals surface area contributed by atoms with Gasteiger partial charge in [-0.25, -0.2) is 4.79 Å². The molecule has 1 rings (SSSR count). The second kappa shape index (κ2) is 5.70. The molecule has 0 atom stereocenters. The second-order valence-corrected chi connectivity index (χ2v) is 2.97. The lowest BCUT2D eigenvalue weighted by atomic mass is 10.1. The van der Waals surface area contributed by atoms with Crippen molar-refractivity contribution in [1.29, 1.82) is 0 Å². The number of carbonyl (C=O) groups excluding carboxylic acids is 2. The summed E-state index contributed by atoms with van der Waals surface area (Å²) < 4.78 is 9.48. The van der Waals surface area contributed by atoms with E-state index < -0.39 is 5.97 Å². The zero-order valence-electron chi connectivity index (χ0n) is 9.10. The van der Waals surface area contributed by atoms with Crippen molar-refractivity contribution in [2.24, 2.45) is 0 Å². The number of methoxy groups -OCH3 is 2. The third-order valence-corrected chi connectivity index (χ3v) is 2.02. The summed E-state index contributed by atoms with van der Waals surface area (Å²) in [5, 5.41) is 0. The van der Waals surface area contributed by atoms with Gasteiger partial charge in [0.1, 0.15) is 5.75 Å². The molecule has 0 fully saturated rings. The van der Waals surface area contributed by atoms with Crippen molar-refractivity contribution in [3.63, 3.8) is 0 Å². The molecule has 0 aromatic heterocycles. The maximum absolute atomic E-state index is 10.9. The lowest BCUT2D eigenvalue weighted by Crippen LogP contribution is -1.94. The van der Waals surface area contributed by atoms with Crippen LogP contribution in [0.2, 0.25) is 0 Å². The molecule has 0 N–H and O–H groups in total. The third-order valence-electron chi connectivity index (χ3n) is 2.02. The van der Waals surface area contributed by atoms with Crippen LogP contribution in [0, 0.1) is 0 Å². The number of hydrogen-bond acceptors (Lipinski definition) is 4. The van der Waals surface area contributed by atoms with Crippen LogP contribution >= 0.6 is 0 Å². The van der Waals surface area contributed by atoms with Gasteiger partial charge in [-0.3, -0.25) is 4.79 Å². The fourth-order valence-electron chi connectivity index (χ4n) is 1.16. The molecule has 0 spiro atoms. The third kappa shape index (κ3) is 2.95. The monoisotopic (exact) mass is 220 g/mol. The van der Waals surface area contributed by atoms with Crippen LogP contribution in [0.4, 0.5) is 0 Å². The van der Waals surface area contributed by atoms with Gasteiger partial charge >= 0.3 is 5.97 Å². The highest BCUT2D eigenvalue weighted by molar-refractivity contribution is 5.90. The first-order chi connectivity index (χ1) is 7.71. The van der Waals surface area contributed by atoms with Crippen LogP contribution in [0.25, 0.3) is 6.08 Å². The van der Waals surface area contributed by atoms with Crippen molar-refractivity contribution in [3.8, 4) is 5.75 Å². The van der Waals surface area contributed by atoms with Crippen LogP contribution in [0.1, 0.15) is 15.9 Å². The molecule has 0 bridgehead atoms. The van der Waals surface area contributed by atoms with E-state index in [0.717, 1.165) is 6.29 Å². The van der Waals surface area contributed by atoms with Gasteiger partial charge in [0.2, 0.25) is 0 Å². The highest BCUT2D eigenvalue weighted by Gasteiger charge is 2.01. The average Bonchev–Trinajstić information content (AvgIpc) is 2.35. The molecule has 0 aliphatic heterocycles. The van der Waals surface area contributed by atoms with E-state index in [4.69, 9.17) is 4.74 Å². The molecule has 0 saturated heterocycles. The summed E-state index contributed by atoms with van der Waals surface area (Å²) in [5.41, 5.74) is 1.10. The van der Waals surface area contributed by atoms with E-state index in [1.54, 1.807) is 18.2 Å². The SMILES string of the molecule is COC(=O)/C=C/c1cc(OC)ccc1C=O. The van der Waals surface area contributed by atoms with Crippen LogP contribution in [0.15, 0.2) is 24.3 Å². The molecular weight excluding hydrogens is 208 g/mol. The van der Waals surface area contributed by atoms with Gasteiger partial charge in [-0.15, -0.1) is 0 Å². The molecule has 16 heavy (non-hydrogen) atoms. The van der Waals surface area contributed by atoms with Crippen molar-refractivity contribution in [3.05, 3.63) is 35.4 Å². The molecule has 84 valence electrons. The predicted molar refractivity (Wildman–Crippen MR) is 59.4 cm³/mol. The van der Waals surface area contributed by atoms with Gasteiger partial charge in [-0.05, 0) is 29.8 Å². The Hall–Kier alpha value is -2.10. The first-order valence-electron chi connectivity index (χ1n) is 4.60. The van der Waals surface area contributed by atoms with E-state index in [-0.39, 0.29) is 0 Å². The summed E-state index contributed by atoms with van der Waals surface area (Å²) in [6, 6.07) is 4.98. The predicted octanol–water partition coefficient (Wildman–Crippen LogP) is 1.69. The summed E-state index contributed by atoms with van der Waals surface area (Å²) >= 11 is 0. The van der Waals surface area contributed by atoms with Crippen LogP contribution in [0.5, 0.6) is 5.75 Å². The van der Waals surface area contributed by atoms with E-state index in [0.29, 0.717) is 16.9 Å². The molecule has 4 nitrogen and oxygen atoms in total. The Labute approximate surface area is 93.5 Å². The van der Waals surface area contributed by atoms with E-state index in [1.165, 1.54) is 26.4 Å². The molecule has 0 heterocycles. The zero-order valence-corrected chi connectivity index (χ0v) is 9.10. The van der Waals surface area contributed by atoms with Crippen molar-refractivity contribution in [2.45, 2.75) is 0 Å². The fourth-order valence-corrected chi connectivity index (χ4v) is 1.16. The first kappa shape index (κ1) is 12.0. The Kier molecular flexibility index (Phi) is 4.27. The Morgan fingerprint density at radius 2 is 2.00 bits per heavy atom. The molecule has 0 unspecified atom stereocenters. The van der Waals surface area contributed by atoms with Gasteiger partial charge in [0.05, 0.1) is 14.2 Å². The average molecular weight is 220 g/mol. The quantitative estimate of drug-likeness (QED) is 0.440. The van der Waals surface area contributed by atoms with E-state index >= 15 is 0 Å². The highest BCUT2D eigenvalue weighted by atomic mass is 16.5. The van der Waals surface area contributed by atoms with Crippen LogP contribution in [-0.2, 0) is 9.53 Å². The minimum atomic E-state index is -0.473. The second-order valence-electron chi connectivity index (χ2n) is 2.97. The van der Waals surface area contributed by atoms with Crippen LogP contribution in [-0.4, -0.2) is 26.5 Å². The molecule has 0 saturated carbocycles. The van der Waals surface area contributed by atoms with Crippen molar-refractivity contribution in [1.82, 2.24) is 0 Å². The minimum absolute atomic E-state index is 0.473. The smallest absolute Gasteiger partial charge is 0.330 e. The van der Waals surface area contributed by atoms with Gasteiger partial charge in [-0.1, -0.05) is 0 Å². The summed E-state index contributed by atoms with van der Waals surface area (Å²) in [6.07, 6.45) is 3.48.